The lowest BCUT2D eigenvalue weighted by atomic mass is 10.1. The van der Waals surface area contributed by atoms with Crippen molar-refractivity contribution in [2.75, 3.05) is 20.8 Å². The van der Waals surface area contributed by atoms with Crippen LogP contribution in [0, 0.1) is 6.92 Å². The fourth-order valence-electron chi connectivity index (χ4n) is 2.34. The lowest BCUT2D eigenvalue weighted by Gasteiger charge is -2.10. The summed E-state index contributed by atoms with van der Waals surface area (Å²) >= 11 is 0. The van der Waals surface area contributed by atoms with Gasteiger partial charge in [-0.15, -0.1) is 0 Å². The fraction of sp³-hybridized carbons (Fsp3) is 0.412. The highest BCUT2D eigenvalue weighted by atomic mass is 16.5. The molecule has 0 unspecified atom stereocenters. The monoisotopic (exact) mass is 317 g/mol. The summed E-state index contributed by atoms with van der Waals surface area (Å²) in [6.45, 7) is 3.51. The van der Waals surface area contributed by atoms with Gasteiger partial charge in [0.2, 0.25) is 5.91 Å². The Kier molecular flexibility index (Phi) is 6.02. The first-order chi connectivity index (χ1) is 11.1. The highest BCUT2D eigenvalue weighted by Gasteiger charge is 2.08. The zero-order valence-corrected chi connectivity index (χ0v) is 13.8. The first-order valence-corrected chi connectivity index (χ1v) is 7.58. The third kappa shape index (κ3) is 4.74. The molecule has 124 valence electrons. The van der Waals surface area contributed by atoms with Gasteiger partial charge in [-0.2, -0.15) is 0 Å². The van der Waals surface area contributed by atoms with Gasteiger partial charge >= 0.3 is 0 Å². The van der Waals surface area contributed by atoms with Gasteiger partial charge < -0.3 is 19.4 Å². The van der Waals surface area contributed by atoms with Gasteiger partial charge in [-0.25, -0.2) is 4.98 Å². The molecule has 0 fully saturated rings. The highest BCUT2D eigenvalue weighted by Crippen LogP contribution is 2.27. The lowest BCUT2D eigenvalue weighted by Crippen LogP contribution is -2.26. The molecule has 23 heavy (non-hydrogen) atoms. The van der Waals surface area contributed by atoms with Crippen LogP contribution in [-0.2, 0) is 17.8 Å². The maximum Gasteiger partial charge on any atom is 0.224 e. The van der Waals surface area contributed by atoms with Crippen molar-refractivity contribution in [3.8, 4) is 11.5 Å². The predicted octanol–water partition coefficient (Wildman–Crippen LogP) is 1.96. The fourth-order valence-corrected chi connectivity index (χ4v) is 2.34. The van der Waals surface area contributed by atoms with Gasteiger partial charge in [-0.3, -0.25) is 4.79 Å². The van der Waals surface area contributed by atoms with E-state index in [0.717, 1.165) is 24.2 Å². The molecule has 0 saturated carbocycles. The molecular formula is C17H23N3O3. The van der Waals surface area contributed by atoms with Crippen molar-refractivity contribution in [3.63, 3.8) is 0 Å². The van der Waals surface area contributed by atoms with E-state index in [2.05, 4.69) is 14.9 Å². The summed E-state index contributed by atoms with van der Waals surface area (Å²) < 4.78 is 12.5. The maximum absolute atomic E-state index is 12.0. The summed E-state index contributed by atoms with van der Waals surface area (Å²) in [5, 5.41) is 2.93. The predicted molar refractivity (Wildman–Crippen MR) is 87.8 cm³/mol. The molecular weight excluding hydrogens is 294 g/mol. The number of carbonyl (C=O) groups excluding carboxylic acids is 1. The molecule has 2 aromatic rings. The number of rotatable bonds is 8. The van der Waals surface area contributed by atoms with Gasteiger partial charge in [-0.05, 0) is 31.0 Å². The number of hydrogen-bond donors (Lipinski definition) is 1. The van der Waals surface area contributed by atoms with Crippen LogP contribution in [-0.4, -0.2) is 36.2 Å². The van der Waals surface area contributed by atoms with Crippen molar-refractivity contribution >= 4 is 5.91 Å². The van der Waals surface area contributed by atoms with Crippen LogP contribution in [0.5, 0.6) is 11.5 Å². The normalized spacial score (nSPS) is 10.4. The zero-order valence-electron chi connectivity index (χ0n) is 13.8. The quantitative estimate of drug-likeness (QED) is 0.756. The number of benzene rings is 1. The Morgan fingerprint density at radius 2 is 2.04 bits per heavy atom. The van der Waals surface area contributed by atoms with E-state index in [0.29, 0.717) is 24.5 Å². The molecule has 0 radical (unpaired) electrons. The third-order valence-corrected chi connectivity index (χ3v) is 3.63. The van der Waals surface area contributed by atoms with Crippen molar-refractivity contribution in [3.05, 3.63) is 42.0 Å². The minimum Gasteiger partial charge on any atom is -0.493 e. The van der Waals surface area contributed by atoms with Crippen LogP contribution in [0.4, 0.5) is 0 Å². The second-order valence-electron chi connectivity index (χ2n) is 5.30. The molecule has 6 nitrogen and oxygen atoms in total. The van der Waals surface area contributed by atoms with Crippen LogP contribution in [0.3, 0.4) is 0 Å². The van der Waals surface area contributed by atoms with E-state index in [1.165, 1.54) is 0 Å². The van der Waals surface area contributed by atoms with Crippen LogP contribution >= 0.6 is 0 Å². The summed E-state index contributed by atoms with van der Waals surface area (Å²) in [6, 6.07) is 5.51. The SMILES string of the molecule is COc1ccc(CC(=O)NCCCn2cncc2C)cc1OC. The molecule has 1 aromatic carbocycles. The average Bonchev–Trinajstić information content (AvgIpc) is 2.96. The number of ether oxygens (including phenoxy) is 2. The van der Waals surface area contributed by atoms with E-state index in [1.807, 2.05) is 31.3 Å². The molecule has 2 rings (SSSR count). The van der Waals surface area contributed by atoms with Gasteiger partial charge in [0.25, 0.3) is 0 Å². The number of nitrogens with one attached hydrogen (secondary N) is 1. The van der Waals surface area contributed by atoms with E-state index in [9.17, 15) is 4.79 Å². The number of carbonyl (C=O) groups is 1. The smallest absolute Gasteiger partial charge is 0.224 e. The third-order valence-electron chi connectivity index (χ3n) is 3.63. The Morgan fingerprint density at radius 3 is 2.70 bits per heavy atom. The molecule has 0 bridgehead atoms. The first kappa shape index (κ1) is 16.9. The van der Waals surface area contributed by atoms with Gasteiger partial charge in [0.05, 0.1) is 27.0 Å². The van der Waals surface area contributed by atoms with Crippen molar-refractivity contribution in [1.82, 2.24) is 14.9 Å². The van der Waals surface area contributed by atoms with Crippen LogP contribution < -0.4 is 14.8 Å². The highest BCUT2D eigenvalue weighted by molar-refractivity contribution is 5.78. The second kappa shape index (κ2) is 8.22. The molecule has 0 aliphatic rings. The minimum absolute atomic E-state index is 0.000395. The summed E-state index contributed by atoms with van der Waals surface area (Å²) in [5.41, 5.74) is 2.02. The van der Waals surface area contributed by atoms with Gasteiger partial charge in [-0.1, -0.05) is 6.07 Å². The summed E-state index contributed by atoms with van der Waals surface area (Å²) in [4.78, 5) is 16.1. The standard InChI is InChI=1S/C17H23N3O3/c1-13-11-18-12-20(13)8-4-7-19-17(21)10-14-5-6-15(22-2)16(9-14)23-3/h5-6,9,11-12H,4,7-8,10H2,1-3H3,(H,19,21). The Labute approximate surface area is 136 Å². The van der Waals surface area contributed by atoms with Crippen molar-refractivity contribution in [2.45, 2.75) is 26.3 Å². The number of methoxy groups -OCH3 is 2. The molecule has 0 aliphatic heterocycles. The minimum atomic E-state index is -0.000395. The zero-order chi connectivity index (χ0) is 16.7. The van der Waals surface area contributed by atoms with E-state index in [4.69, 9.17) is 9.47 Å². The molecule has 0 saturated heterocycles. The number of amides is 1. The van der Waals surface area contributed by atoms with Gasteiger partial charge in [0, 0.05) is 25.0 Å². The lowest BCUT2D eigenvalue weighted by molar-refractivity contribution is -0.120. The first-order valence-electron chi connectivity index (χ1n) is 7.58. The number of nitrogens with zero attached hydrogens (tertiary/aromatic N) is 2. The Bertz CT molecular complexity index is 652. The number of aryl methyl sites for hydroxylation is 2. The van der Waals surface area contributed by atoms with Crippen LogP contribution in [0.15, 0.2) is 30.7 Å². The Hall–Kier alpha value is -2.50. The van der Waals surface area contributed by atoms with E-state index in [1.54, 1.807) is 20.5 Å². The molecule has 0 aliphatic carbocycles. The summed E-state index contributed by atoms with van der Waals surface area (Å²) in [7, 11) is 3.17. The van der Waals surface area contributed by atoms with Gasteiger partial charge in [0.1, 0.15) is 0 Å². The van der Waals surface area contributed by atoms with Gasteiger partial charge in [0.15, 0.2) is 11.5 Å². The summed E-state index contributed by atoms with van der Waals surface area (Å²) in [5.74, 6) is 1.29. The number of aromatic nitrogens is 2. The topological polar surface area (TPSA) is 65.4 Å². The number of imidazole rings is 1. The van der Waals surface area contributed by atoms with Crippen LogP contribution in [0.25, 0.3) is 0 Å². The van der Waals surface area contributed by atoms with Crippen molar-refractivity contribution < 1.29 is 14.3 Å². The Morgan fingerprint density at radius 1 is 1.26 bits per heavy atom. The molecule has 0 spiro atoms. The molecule has 1 aromatic heterocycles. The maximum atomic E-state index is 12.0. The Balaban J connectivity index is 1.77. The molecule has 6 heteroatoms. The van der Waals surface area contributed by atoms with E-state index in [-0.39, 0.29) is 5.91 Å². The van der Waals surface area contributed by atoms with E-state index >= 15 is 0 Å². The van der Waals surface area contributed by atoms with E-state index < -0.39 is 0 Å². The largest absolute Gasteiger partial charge is 0.493 e. The average molecular weight is 317 g/mol. The van der Waals surface area contributed by atoms with Crippen molar-refractivity contribution in [1.29, 1.82) is 0 Å². The van der Waals surface area contributed by atoms with Crippen molar-refractivity contribution in [2.24, 2.45) is 0 Å². The molecule has 1 amide bonds. The molecule has 1 heterocycles. The van der Waals surface area contributed by atoms with Crippen LogP contribution in [0.1, 0.15) is 17.7 Å². The number of hydrogen-bond acceptors (Lipinski definition) is 4. The van der Waals surface area contributed by atoms with Crippen LogP contribution in [0.2, 0.25) is 0 Å². The molecule has 0 atom stereocenters. The summed E-state index contributed by atoms with van der Waals surface area (Å²) in [6.07, 6.45) is 4.83. The second-order valence-corrected chi connectivity index (χ2v) is 5.30. The molecule has 1 N–H and O–H groups in total.